The Morgan fingerprint density at radius 2 is 1.53 bits per heavy atom. The van der Waals surface area contributed by atoms with Gasteiger partial charge in [-0.15, -0.1) is 13.2 Å². The van der Waals surface area contributed by atoms with Gasteiger partial charge in [0.2, 0.25) is 5.75 Å². The average molecular weight is 431 g/mol. The average Bonchev–Trinajstić information content (AvgIpc) is 2.69. The van der Waals surface area contributed by atoms with Crippen molar-refractivity contribution in [3.8, 4) is 5.75 Å². The zero-order chi connectivity index (χ0) is 21.7. The molecule has 2 aliphatic rings. The van der Waals surface area contributed by atoms with E-state index in [1.165, 1.54) is 25.7 Å². The van der Waals surface area contributed by atoms with Gasteiger partial charge in [0.1, 0.15) is 0 Å². The van der Waals surface area contributed by atoms with Gasteiger partial charge >= 0.3 is 6.36 Å². The number of allylic oxidation sites excluding steroid dienone is 2. The van der Waals surface area contributed by atoms with Crippen molar-refractivity contribution >= 4 is 0 Å². The van der Waals surface area contributed by atoms with Crippen molar-refractivity contribution in [2.75, 3.05) is 0 Å². The van der Waals surface area contributed by atoms with E-state index in [-0.39, 0.29) is 5.92 Å². The van der Waals surface area contributed by atoms with Crippen molar-refractivity contribution in [1.29, 1.82) is 0 Å². The molecule has 1 nitrogen and oxygen atoms in total. The summed E-state index contributed by atoms with van der Waals surface area (Å²) in [5.41, 5.74) is 0.421. The van der Waals surface area contributed by atoms with E-state index < -0.39 is 23.7 Å². The van der Waals surface area contributed by atoms with Crippen LogP contribution in [0.25, 0.3) is 0 Å². The predicted molar refractivity (Wildman–Crippen MR) is 107 cm³/mol. The summed E-state index contributed by atoms with van der Waals surface area (Å²) in [5.74, 6) is -1.81. The summed E-state index contributed by atoms with van der Waals surface area (Å²) in [6.45, 7) is 2.32. The van der Waals surface area contributed by atoms with Crippen LogP contribution in [0.5, 0.6) is 5.75 Å². The smallest absolute Gasteiger partial charge is 0.399 e. The lowest BCUT2D eigenvalue weighted by Crippen LogP contribution is -2.19. The van der Waals surface area contributed by atoms with Crippen molar-refractivity contribution < 1.29 is 26.7 Å². The van der Waals surface area contributed by atoms with E-state index in [1.54, 1.807) is 0 Å². The number of hydrogen-bond donors (Lipinski definition) is 0. The number of halogens is 5. The second kappa shape index (κ2) is 10.1. The number of ether oxygens (including phenoxy) is 1. The highest BCUT2D eigenvalue weighted by molar-refractivity contribution is 5.33. The van der Waals surface area contributed by atoms with Crippen LogP contribution in [-0.4, -0.2) is 6.36 Å². The maximum Gasteiger partial charge on any atom is 0.573 e. The van der Waals surface area contributed by atoms with Gasteiger partial charge in [-0.3, -0.25) is 0 Å². The summed E-state index contributed by atoms with van der Waals surface area (Å²) in [6.07, 6.45) is 10.5. The fraction of sp³-hybridized carbons (Fsp3) is 0.667. The van der Waals surface area contributed by atoms with Crippen molar-refractivity contribution in [2.24, 2.45) is 17.8 Å². The largest absolute Gasteiger partial charge is 0.573 e. The summed E-state index contributed by atoms with van der Waals surface area (Å²) >= 11 is 0. The van der Waals surface area contributed by atoms with Gasteiger partial charge in [0.05, 0.1) is 0 Å². The van der Waals surface area contributed by atoms with Crippen LogP contribution in [0.3, 0.4) is 0 Å². The normalized spacial score (nSPS) is 28.1. The first kappa shape index (κ1) is 23.1. The molecule has 0 atom stereocenters. The lowest BCUT2D eigenvalue weighted by molar-refractivity contribution is -0.276. The molecule has 2 fully saturated rings. The van der Waals surface area contributed by atoms with Crippen LogP contribution >= 0.6 is 0 Å². The van der Waals surface area contributed by atoms with E-state index in [9.17, 15) is 22.0 Å². The third kappa shape index (κ3) is 6.71. The Morgan fingerprint density at radius 3 is 2.10 bits per heavy atom. The highest BCUT2D eigenvalue weighted by atomic mass is 19.4. The lowest BCUT2D eigenvalue weighted by Gasteiger charge is -2.29. The molecule has 0 spiro atoms. The number of hydrogen-bond acceptors (Lipinski definition) is 1. The minimum atomic E-state index is -5.12. The molecule has 2 saturated carbocycles. The molecule has 0 bridgehead atoms. The molecule has 168 valence electrons. The molecule has 1 aromatic carbocycles. The van der Waals surface area contributed by atoms with Crippen LogP contribution < -0.4 is 4.74 Å². The van der Waals surface area contributed by atoms with Gasteiger partial charge in [0, 0.05) is 0 Å². The fourth-order valence-corrected chi connectivity index (χ4v) is 4.91. The van der Waals surface area contributed by atoms with Gasteiger partial charge in [-0.2, -0.15) is 0 Å². The number of alkyl halides is 3. The van der Waals surface area contributed by atoms with Gasteiger partial charge in [0.25, 0.3) is 0 Å². The van der Waals surface area contributed by atoms with E-state index in [0.29, 0.717) is 11.5 Å². The van der Waals surface area contributed by atoms with Crippen molar-refractivity contribution in [2.45, 2.75) is 83.4 Å². The summed E-state index contributed by atoms with van der Waals surface area (Å²) in [5, 5.41) is 0. The second-order valence-electron chi connectivity index (χ2n) is 9.10. The molecule has 3 rings (SSSR count). The summed E-state index contributed by atoms with van der Waals surface area (Å²) in [6, 6.07) is 1.98. The molecule has 0 radical (unpaired) electrons. The monoisotopic (exact) mass is 430 g/mol. The zero-order valence-electron chi connectivity index (χ0n) is 17.5. The predicted octanol–water partition coefficient (Wildman–Crippen LogP) is 8.30. The topological polar surface area (TPSA) is 9.23 Å². The van der Waals surface area contributed by atoms with Crippen LogP contribution in [0, 0.1) is 29.4 Å². The Morgan fingerprint density at radius 1 is 0.933 bits per heavy atom. The van der Waals surface area contributed by atoms with Gasteiger partial charge in [-0.1, -0.05) is 31.9 Å². The number of benzene rings is 1. The first-order valence-electron chi connectivity index (χ1n) is 11.1. The Hall–Kier alpha value is -1.59. The van der Waals surface area contributed by atoms with E-state index in [2.05, 4.69) is 23.8 Å². The van der Waals surface area contributed by atoms with E-state index in [4.69, 9.17) is 0 Å². The summed E-state index contributed by atoms with van der Waals surface area (Å²) in [4.78, 5) is 0. The summed E-state index contributed by atoms with van der Waals surface area (Å²) in [7, 11) is 0. The van der Waals surface area contributed by atoms with Gasteiger partial charge < -0.3 is 4.74 Å². The molecule has 30 heavy (non-hydrogen) atoms. The minimum absolute atomic E-state index is 0.0232. The molecule has 6 heteroatoms. The Labute approximate surface area is 175 Å². The van der Waals surface area contributed by atoms with Gasteiger partial charge in [0.15, 0.2) is 11.6 Å². The van der Waals surface area contributed by atoms with Gasteiger partial charge in [-0.05, 0) is 92.7 Å². The fourth-order valence-electron chi connectivity index (χ4n) is 4.91. The Kier molecular flexibility index (Phi) is 7.81. The molecule has 0 aliphatic heterocycles. The maximum absolute atomic E-state index is 14.0. The number of rotatable bonds is 6. The summed E-state index contributed by atoms with van der Waals surface area (Å²) < 4.78 is 68.3. The highest BCUT2D eigenvalue weighted by Gasteiger charge is 2.34. The van der Waals surface area contributed by atoms with Crippen LogP contribution in [-0.2, 0) is 0 Å². The minimum Gasteiger partial charge on any atom is -0.399 e. The Bertz CT molecular complexity index is 688. The SMILES string of the molecule is CC1CCC(/C=C/CCC2CCC(c3cc(F)c(OC(F)(F)F)c(F)c3)CC2)CC1. The third-order valence-corrected chi connectivity index (χ3v) is 6.77. The molecule has 0 N–H and O–H groups in total. The molecule has 0 aromatic heterocycles. The zero-order valence-corrected chi connectivity index (χ0v) is 17.5. The molecular formula is C24H31F5O. The lowest BCUT2D eigenvalue weighted by atomic mass is 9.77. The van der Waals surface area contributed by atoms with Crippen LogP contribution in [0.2, 0.25) is 0 Å². The van der Waals surface area contributed by atoms with E-state index in [1.807, 2.05) is 0 Å². The van der Waals surface area contributed by atoms with Crippen LogP contribution in [0.1, 0.15) is 82.6 Å². The van der Waals surface area contributed by atoms with Gasteiger partial charge in [-0.25, -0.2) is 8.78 Å². The first-order valence-corrected chi connectivity index (χ1v) is 11.1. The Balaban J connectivity index is 1.45. The molecule has 0 saturated heterocycles. The molecular weight excluding hydrogens is 399 g/mol. The van der Waals surface area contributed by atoms with Crippen LogP contribution in [0.15, 0.2) is 24.3 Å². The maximum atomic E-state index is 14.0. The van der Waals surface area contributed by atoms with Crippen molar-refractivity contribution in [3.05, 3.63) is 41.5 Å². The molecule has 0 unspecified atom stereocenters. The third-order valence-electron chi connectivity index (χ3n) is 6.77. The highest BCUT2D eigenvalue weighted by Crippen LogP contribution is 2.40. The van der Waals surface area contributed by atoms with Crippen molar-refractivity contribution in [3.63, 3.8) is 0 Å². The quantitative estimate of drug-likeness (QED) is 0.326. The van der Waals surface area contributed by atoms with E-state index in [0.717, 1.165) is 62.5 Å². The molecule has 1 aromatic rings. The molecule has 2 aliphatic carbocycles. The van der Waals surface area contributed by atoms with Crippen molar-refractivity contribution in [1.82, 2.24) is 0 Å². The standard InChI is InChI=1S/C24H31F5O/c1-16-6-8-17(9-7-16)4-2-3-5-18-10-12-19(13-11-18)20-14-21(25)23(22(26)15-20)30-24(27,28)29/h2,4,14-19H,3,5-13H2,1H3/b4-2+. The molecule has 0 amide bonds. The second-order valence-corrected chi connectivity index (χ2v) is 9.10. The first-order chi connectivity index (χ1) is 14.2. The van der Waals surface area contributed by atoms with E-state index >= 15 is 0 Å². The van der Waals surface area contributed by atoms with Crippen LogP contribution in [0.4, 0.5) is 22.0 Å². The molecule has 0 heterocycles.